The molecule has 2 atom stereocenters. The maximum absolute atomic E-state index is 8.94. The van der Waals surface area contributed by atoms with Gasteiger partial charge in [-0.3, -0.25) is 5.32 Å². The van der Waals surface area contributed by atoms with Crippen LogP contribution in [0, 0.1) is 0 Å². The number of hydrogen-bond donors (Lipinski definition) is 2. The van der Waals surface area contributed by atoms with Gasteiger partial charge in [-0.1, -0.05) is 0 Å². The molecule has 0 saturated carbocycles. The highest BCUT2D eigenvalue weighted by Gasteiger charge is 2.03. The molecule has 0 aliphatic heterocycles. The van der Waals surface area contributed by atoms with Crippen LogP contribution in [0.2, 0.25) is 0 Å². The van der Waals surface area contributed by atoms with E-state index in [2.05, 4.69) is 10.2 Å². The number of nitrogens with zero attached hydrogens (tertiary/aromatic N) is 1. The summed E-state index contributed by atoms with van der Waals surface area (Å²) in [5.74, 6) is 0. The second-order valence-electron chi connectivity index (χ2n) is 3.57. The van der Waals surface area contributed by atoms with Gasteiger partial charge in [-0.2, -0.15) is 0 Å². The van der Waals surface area contributed by atoms with Gasteiger partial charge in [0.1, 0.15) is 6.23 Å². The van der Waals surface area contributed by atoms with Crippen molar-refractivity contribution >= 4 is 0 Å². The number of hydrogen-bond acceptors (Lipinski definition) is 4. The summed E-state index contributed by atoms with van der Waals surface area (Å²) in [5.41, 5.74) is 0. The summed E-state index contributed by atoms with van der Waals surface area (Å²) in [6, 6.07) is 0. The van der Waals surface area contributed by atoms with Crippen LogP contribution in [0.15, 0.2) is 0 Å². The van der Waals surface area contributed by atoms with Crippen molar-refractivity contribution in [3.05, 3.63) is 0 Å². The minimum Gasteiger partial charge on any atom is -0.379 e. The summed E-state index contributed by atoms with van der Waals surface area (Å²) in [4.78, 5) is 2.08. The largest absolute Gasteiger partial charge is 0.379 e. The number of rotatable bonds is 7. The lowest BCUT2D eigenvalue weighted by atomic mass is 10.4. The van der Waals surface area contributed by atoms with Crippen LogP contribution < -0.4 is 5.32 Å². The molecule has 13 heavy (non-hydrogen) atoms. The van der Waals surface area contributed by atoms with E-state index < -0.39 is 6.23 Å². The van der Waals surface area contributed by atoms with Crippen LogP contribution in [-0.4, -0.2) is 56.1 Å². The van der Waals surface area contributed by atoms with Crippen LogP contribution in [0.1, 0.15) is 13.8 Å². The molecule has 0 aromatic rings. The molecular weight excluding hydrogens is 168 g/mol. The predicted octanol–water partition coefficient (Wildman–Crippen LogP) is -0.119. The maximum atomic E-state index is 8.94. The lowest BCUT2D eigenvalue weighted by molar-refractivity contribution is 0.0432. The number of ether oxygens (including phenoxy) is 1. The van der Waals surface area contributed by atoms with E-state index >= 15 is 0 Å². The second-order valence-corrected chi connectivity index (χ2v) is 3.57. The van der Waals surface area contributed by atoms with Gasteiger partial charge in [0.05, 0.1) is 12.7 Å². The van der Waals surface area contributed by atoms with E-state index in [4.69, 9.17) is 9.84 Å². The zero-order chi connectivity index (χ0) is 10.3. The average Bonchev–Trinajstić information content (AvgIpc) is 2.00. The Hall–Kier alpha value is -0.160. The van der Waals surface area contributed by atoms with Crippen molar-refractivity contribution in [2.24, 2.45) is 0 Å². The highest BCUT2D eigenvalue weighted by atomic mass is 16.5. The quantitative estimate of drug-likeness (QED) is 0.549. The van der Waals surface area contributed by atoms with Gasteiger partial charge in [-0.25, -0.2) is 0 Å². The van der Waals surface area contributed by atoms with Crippen LogP contribution >= 0.6 is 0 Å². The summed E-state index contributed by atoms with van der Waals surface area (Å²) in [6.07, 6.45) is -0.311. The Morgan fingerprint density at radius 2 is 2.00 bits per heavy atom. The number of aliphatic hydroxyl groups is 1. The smallest absolute Gasteiger partial charge is 0.102 e. The molecule has 0 aromatic heterocycles. The van der Waals surface area contributed by atoms with Gasteiger partial charge >= 0.3 is 0 Å². The lowest BCUT2D eigenvalue weighted by Crippen LogP contribution is -2.34. The minimum atomic E-state index is -0.458. The van der Waals surface area contributed by atoms with E-state index in [-0.39, 0.29) is 6.10 Å². The number of aliphatic hydroxyl groups excluding tert-OH is 1. The van der Waals surface area contributed by atoms with Crippen LogP contribution in [0.3, 0.4) is 0 Å². The normalized spacial score (nSPS) is 16.2. The molecule has 4 heteroatoms. The van der Waals surface area contributed by atoms with Crippen LogP contribution in [0.25, 0.3) is 0 Å². The van der Waals surface area contributed by atoms with Crippen molar-refractivity contribution in [2.45, 2.75) is 26.2 Å². The Morgan fingerprint density at radius 3 is 2.46 bits per heavy atom. The summed E-state index contributed by atoms with van der Waals surface area (Å²) >= 11 is 0. The van der Waals surface area contributed by atoms with Crippen molar-refractivity contribution in [2.75, 3.05) is 33.8 Å². The number of likely N-dealkylation sites (N-methyl/N-ethyl adjacent to an activating group) is 1. The zero-order valence-electron chi connectivity index (χ0n) is 9.08. The molecule has 0 radical (unpaired) electrons. The first-order valence-electron chi connectivity index (χ1n) is 4.70. The van der Waals surface area contributed by atoms with Crippen LogP contribution in [0.5, 0.6) is 0 Å². The van der Waals surface area contributed by atoms with E-state index in [0.717, 1.165) is 13.2 Å². The highest BCUT2D eigenvalue weighted by Crippen LogP contribution is 1.89. The molecule has 0 saturated heterocycles. The van der Waals surface area contributed by atoms with Crippen LogP contribution in [-0.2, 0) is 4.74 Å². The van der Waals surface area contributed by atoms with Gasteiger partial charge in [-0.15, -0.1) is 0 Å². The van der Waals surface area contributed by atoms with E-state index in [1.165, 1.54) is 0 Å². The molecule has 4 nitrogen and oxygen atoms in total. The Kier molecular flexibility index (Phi) is 7.17. The van der Waals surface area contributed by atoms with Crippen LogP contribution in [0.4, 0.5) is 0 Å². The first-order valence-corrected chi connectivity index (χ1v) is 4.70. The third kappa shape index (κ3) is 9.76. The summed E-state index contributed by atoms with van der Waals surface area (Å²) in [5, 5.41) is 11.8. The van der Waals surface area contributed by atoms with Crippen molar-refractivity contribution in [1.82, 2.24) is 10.2 Å². The molecule has 0 aliphatic carbocycles. The molecule has 80 valence electrons. The highest BCUT2D eigenvalue weighted by molar-refractivity contribution is 4.55. The van der Waals surface area contributed by atoms with Gasteiger partial charge in [0.25, 0.3) is 0 Å². The standard InChI is InChI=1S/C9H22N2O2/c1-8(7-10-9(2)12)13-6-5-11(3)4/h8-10,12H,5-7H2,1-4H3. The molecular formula is C9H22N2O2. The molecule has 0 aromatic carbocycles. The zero-order valence-corrected chi connectivity index (χ0v) is 9.08. The fourth-order valence-electron chi connectivity index (χ4n) is 0.832. The lowest BCUT2D eigenvalue weighted by Gasteiger charge is -2.16. The SMILES string of the molecule is CC(O)NCC(C)OCCN(C)C. The van der Waals surface area contributed by atoms with Crippen molar-refractivity contribution in [3.8, 4) is 0 Å². The topological polar surface area (TPSA) is 44.7 Å². The van der Waals surface area contributed by atoms with Gasteiger partial charge < -0.3 is 14.7 Å². The first kappa shape index (κ1) is 12.8. The van der Waals surface area contributed by atoms with Gasteiger partial charge in [0.15, 0.2) is 0 Å². The van der Waals surface area contributed by atoms with E-state index in [1.54, 1.807) is 6.92 Å². The van der Waals surface area contributed by atoms with Crippen molar-refractivity contribution < 1.29 is 9.84 Å². The Balaban J connectivity index is 3.25. The molecule has 2 N–H and O–H groups in total. The first-order chi connectivity index (χ1) is 6.02. The van der Waals surface area contributed by atoms with Crippen molar-refractivity contribution in [3.63, 3.8) is 0 Å². The van der Waals surface area contributed by atoms with Gasteiger partial charge in [0, 0.05) is 13.1 Å². The monoisotopic (exact) mass is 190 g/mol. The van der Waals surface area contributed by atoms with E-state index in [0.29, 0.717) is 6.54 Å². The molecule has 0 amide bonds. The van der Waals surface area contributed by atoms with E-state index in [9.17, 15) is 0 Å². The van der Waals surface area contributed by atoms with E-state index in [1.807, 2.05) is 21.0 Å². The molecule has 0 rings (SSSR count). The third-order valence-corrected chi connectivity index (χ3v) is 1.64. The second kappa shape index (κ2) is 7.26. The fourth-order valence-corrected chi connectivity index (χ4v) is 0.832. The van der Waals surface area contributed by atoms with Gasteiger partial charge in [-0.05, 0) is 27.9 Å². The van der Waals surface area contributed by atoms with Crippen molar-refractivity contribution in [1.29, 1.82) is 0 Å². The molecule has 0 fully saturated rings. The summed E-state index contributed by atoms with van der Waals surface area (Å²) in [6.45, 7) is 6.04. The predicted molar refractivity (Wildman–Crippen MR) is 53.7 cm³/mol. The molecule has 2 unspecified atom stereocenters. The summed E-state index contributed by atoms with van der Waals surface area (Å²) in [7, 11) is 4.03. The van der Waals surface area contributed by atoms with Gasteiger partial charge in [0.2, 0.25) is 0 Å². The summed E-state index contributed by atoms with van der Waals surface area (Å²) < 4.78 is 5.49. The maximum Gasteiger partial charge on any atom is 0.102 e. The third-order valence-electron chi connectivity index (χ3n) is 1.64. The Labute approximate surface area is 80.9 Å². The Morgan fingerprint density at radius 1 is 1.38 bits per heavy atom. The number of nitrogens with one attached hydrogen (secondary N) is 1. The molecule has 0 bridgehead atoms. The Bertz CT molecular complexity index is 118. The average molecular weight is 190 g/mol. The minimum absolute atomic E-state index is 0.148. The molecule has 0 aliphatic rings. The molecule has 0 heterocycles. The fraction of sp³-hybridized carbons (Fsp3) is 1.00. The molecule has 0 spiro atoms.